The first-order chi connectivity index (χ1) is 14.4. The third-order valence-corrected chi connectivity index (χ3v) is 7.86. The molecule has 2 fully saturated rings. The topological polar surface area (TPSA) is 84.0 Å². The molecule has 30 heavy (non-hydrogen) atoms. The molecule has 3 rings (SSSR count). The Hall–Kier alpha value is -1.93. The molecule has 1 aliphatic heterocycles. The number of rotatable bonds is 8. The van der Waals surface area contributed by atoms with E-state index in [2.05, 4.69) is 0 Å². The Balaban J connectivity index is 1.36. The van der Waals surface area contributed by atoms with Gasteiger partial charge in [0.2, 0.25) is 10.0 Å². The van der Waals surface area contributed by atoms with Gasteiger partial charge in [-0.3, -0.25) is 9.59 Å². The average molecular weight is 437 g/mol. The molecular formula is C22H32N2O5S. The molecule has 0 atom stereocenters. The average Bonchev–Trinajstić information content (AvgIpc) is 2.77. The van der Waals surface area contributed by atoms with Crippen LogP contribution in [-0.2, 0) is 30.1 Å². The highest BCUT2D eigenvalue weighted by Gasteiger charge is 2.29. The predicted molar refractivity (Wildman–Crippen MR) is 114 cm³/mol. The quantitative estimate of drug-likeness (QED) is 0.585. The monoisotopic (exact) mass is 436 g/mol. The van der Waals surface area contributed by atoms with Gasteiger partial charge >= 0.3 is 5.97 Å². The van der Waals surface area contributed by atoms with Gasteiger partial charge in [-0.1, -0.05) is 62.4 Å². The molecule has 7 nitrogen and oxygen atoms in total. The number of hydrogen-bond donors (Lipinski definition) is 0. The Kier molecular flexibility index (Phi) is 8.27. The molecule has 2 aliphatic rings. The lowest BCUT2D eigenvalue weighted by molar-refractivity contribution is -0.152. The summed E-state index contributed by atoms with van der Waals surface area (Å²) >= 11 is 0. The second kappa shape index (κ2) is 10.9. The normalized spacial score (nSPS) is 18.9. The maximum absolute atomic E-state index is 12.6. The number of piperazine rings is 1. The summed E-state index contributed by atoms with van der Waals surface area (Å²) in [6, 6.07) is 9.07. The fourth-order valence-electron chi connectivity index (χ4n) is 4.20. The van der Waals surface area contributed by atoms with Crippen molar-refractivity contribution in [2.24, 2.45) is 5.92 Å². The van der Waals surface area contributed by atoms with E-state index in [0.717, 1.165) is 12.0 Å². The Bertz CT molecular complexity index is 798. The molecule has 0 radical (unpaired) electrons. The van der Waals surface area contributed by atoms with Crippen LogP contribution >= 0.6 is 0 Å². The molecule has 0 bridgehead atoms. The van der Waals surface area contributed by atoms with Crippen LogP contribution in [0.1, 0.15) is 50.5 Å². The fourth-order valence-corrected chi connectivity index (χ4v) is 5.71. The van der Waals surface area contributed by atoms with Crippen molar-refractivity contribution < 1.29 is 22.7 Å². The Labute approximate surface area is 179 Å². The van der Waals surface area contributed by atoms with Gasteiger partial charge in [-0.05, 0) is 17.9 Å². The van der Waals surface area contributed by atoms with Gasteiger partial charge in [-0.25, -0.2) is 8.42 Å². The summed E-state index contributed by atoms with van der Waals surface area (Å²) in [6.45, 7) is 0.881. The van der Waals surface area contributed by atoms with Crippen LogP contribution in [-0.4, -0.2) is 62.3 Å². The minimum Gasteiger partial charge on any atom is -0.456 e. The summed E-state index contributed by atoms with van der Waals surface area (Å²) in [6.07, 6.45) is 7.34. The van der Waals surface area contributed by atoms with Crippen LogP contribution < -0.4 is 0 Å². The second-order valence-electron chi connectivity index (χ2n) is 8.23. The highest BCUT2D eigenvalue weighted by Crippen LogP contribution is 2.27. The van der Waals surface area contributed by atoms with Gasteiger partial charge in [-0.15, -0.1) is 0 Å². The first kappa shape index (κ1) is 22.7. The summed E-state index contributed by atoms with van der Waals surface area (Å²) in [7, 11) is -3.42. The number of ether oxygens (including phenoxy) is 1. The zero-order chi connectivity index (χ0) is 21.4. The summed E-state index contributed by atoms with van der Waals surface area (Å²) in [5, 5.41) is 0. The van der Waals surface area contributed by atoms with Gasteiger partial charge in [0.05, 0.1) is 5.75 Å². The number of carbonyl (C=O) groups is 2. The van der Waals surface area contributed by atoms with Crippen molar-refractivity contribution in [3.05, 3.63) is 35.9 Å². The van der Waals surface area contributed by atoms with E-state index in [-0.39, 0.29) is 37.3 Å². The van der Waals surface area contributed by atoms with Gasteiger partial charge in [-0.2, -0.15) is 4.31 Å². The minimum absolute atomic E-state index is 0.0413. The van der Waals surface area contributed by atoms with Crippen LogP contribution in [0.3, 0.4) is 0 Å². The van der Waals surface area contributed by atoms with E-state index < -0.39 is 10.0 Å². The van der Waals surface area contributed by atoms with Gasteiger partial charge < -0.3 is 9.64 Å². The van der Waals surface area contributed by atoms with Gasteiger partial charge in [0, 0.05) is 32.6 Å². The molecule has 1 aromatic rings. The number of hydrogen-bond acceptors (Lipinski definition) is 5. The molecule has 1 amide bonds. The fraction of sp³-hybridized carbons (Fsp3) is 0.636. The van der Waals surface area contributed by atoms with Crippen molar-refractivity contribution >= 4 is 21.9 Å². The summed E-state index contributed by atoms with van der Waals surface area (Å²) in [4.78, 5) is 25.9. The van der Waals surface area contributed by atoms with Crippen molar-refractivity contribution in [2.45, 2.75) is 50.7 Å². The van der Waals surface area contributed by atoms with Crippen LogP contribution in [0.5, 0.6) is 0 Å². The Morgan fingerprint density at radius 2 is 1.63 bits per heavy atom. The predicted octanol–water partition coefficient (Wildman–Crippen LogP) is 2.56. The molecule has 1 saturated heterocycles. The molecule has 166 valence electrons. The lowest BCUT2D eigenvalue weighted by Crippen LogP contribution is -2.51. The van der Waals surface area contributed by atoms with Crippen molar-refractivity contribution in [2.75, 3.05) is 32.8 Å². The Morgan fingerprint density at radius 1 is 0.967 bits per heavy atom. The molecule has 0 spiro atoms. The number of benzene rings is 1. The largest absolute Gasteiger partial charge is 0.456 e. The van der Waals surface area contributed by atoms with E-state index in [1.54, 1.807) is 17.0 Å². The maximum atomic E-state index is 12.6. The molecule has 1 aliphatic carbocycles. The minimum atomic E-state index is -3.42. The van der Waals surface area contributed by atoms with Crippen LogP contribution in [0.25, 0.3) is 0 Å². The molecule has 0 unspecified atom stereocenters. The van der Waals surface area contributed by atoms with Crippen molar-refractivity contribution in [1.82, 2.24) is 9.21 Å². The van der Waals surface area contributed by atoms with Crippen LogP contribution in [0, 0.1) is 5.92 Å². The summed E-state index contributed by atoms with van der Waals surface area (Å²) in [5.74, 6) is -0.0209. The maximum Gasteiger partial charge on any atom is 0.306 e. The van der Waals surface area contributed by atoms with Crippen LogP contribution in [0.2, 0.25) is 0 Å². The van der Waals surface area contributed by atoms with E-state index >= 15 is 0 Å². The highest BCUT2D eigenvalue weighted by molar-refractivity contribution is 7.88. The third-order valence-electron chi connectivity index (χ3n) is 6.01. The second-order valence-corrected chi connectivity index (χ2v) is 10.2. The lowest BCUT2D eigenvalue weighted by Gasteiger charge is -2.34. The molecule has 8 heteroatoms. The standard InChI is InChI=1S/C22H32N2O5S/c25-21(17-29-22(26)12-11-19-7-3-1-4-8-19)23-13-15-24(16-14-23)30(27,28)18-20-9-5-2-6-10-20/h2,5-6,9-10,19H,1,3-4,7-8,11-18H2. The number of carbonyl (C=O) groups excluding carboxylic acids is 2. The van der Waals surface area contributed by atoms with Crippen LogP contribution in [0.15, 0.2) is 30.3 Å². The zero-order valence-corrected chi connectivity index (χ0v) is 18.3. The van der Waals surface area contributed by atoms with Gasteiger partial charge in [0.25, 0.3) is 5.91 Å². The zero-order valence-electron chi connectivity index (χ0n) is 17.5. The van der Waals surface area contributed by atoms with E-state index in [1.165, 1.54) is 36.4 Å². The highest BCUT2D eigenvalue weighted by atomic mass is 32.2. The molecule has 0 N–H and O–H groups in total. The summed E-state index contributed by atoms with van der Waals surface area (Å²) in [5.41, 5.74) is 0.746. The number of nitrogens with zero attached hydrogens (tertiary/aromatic N) is 2. The summed E-state index contributed by atoms with van der Waals surface area (Å²) < 4.78 is 31.8. The Morgan fingerprint density at radius 3 is 2.30 bits per heavy atom. The van der Waals surface area contributed by atoms with Crippen molar-refractivity contribution in [3.63, 3.8) is 0 Å². The van der Waals surface area contributed by atoms with E-state index in [1.807, 2.05) is 18.2 Å². The van der Waals surface area contributed by atoms with Crippen molar-refractivity contribution in [3.8, 4) is 0 Å². The van der Waals surface area contributed by atoms with Gasteiger partial charge in [0.15, 0.2) is 6.61 Å². The SMILES string of the molecule is O=C(CCC1CCCCC1)OCC(=O)N1CCN(S(=O)(=O)Cc2ccccc2)CC1. The lowest BCUT2D eigenvalue weighted by atomic mass is 9.86. The van der Waals surface area contributed by atoms with Crippen molar-refractivity contribution in [1.29, 1.82) is 0 Å². The molecule has 1 saturated carbocycles. The first-order valence-corrected chi connectivity index (χ1v) is 12.5. The van der Waals surface area contributed by atoms with Gasteiger partial charge in [0.1, 0.15) is 0 Å². The smallest absolute Gasteiger partial charge is 0.306 e. The van der Waals surface area contributed by atoms with Crippen LogP contribution in [0.4, 0.5) is 0 Å². The molecule has 1 heterocycles. The van der Waals surface area contributed by atoms with E-state index in [4.69, 9.17) is 4.74 Å². The molecular weight excluding hydrogens is 404 g/mol. The number of amides is 1. The first-order valence-electron chi connectivity index (χ1n) is 10.9. The number of sulfonamides is 1. The van der Waals surface area contributed by atoms with E-state index in [0.29, 0.717) is 25.4 Å². The number of esters is 1. The third kappa shape index (κ3) is 6.80. The van der Waals surface area contributed by atoms with E-state index in [9.17, 15) is 18.0 Å². The molecule has 1 aromatic carbocycles. The molecule has 0 aromatic heterocycles.